The average Bonchev–Trinajstić information content (AvgIpc) is 2.59. The summed E-state index contributed by atoms with van der Waals surface area (Å²) in [5.74, 6) is -0.325. The summed E-state index contributed by atoms with van der Waals surface area (Å²) in [6.07, 6.45) is 0.587. The fraction of sp³-hybridized carbons (Fsp3) is 0.150. The van der Waals surface area contributed by atoms with Gasteiger partial charge in [-0.2, -0.15) is 0 Å². The van der Waals surface area contributed by atoms with Gasteiger partial charge in [-0.1, -0.05) is 72.8 Å². The van der Waals surface area contributed by atoms with Gasteiger partial charge in [-0.15, -0.1) is 0 Å². The molecule has 3 rings (SSSR count). The molecule has 0 bridgehead atoms. The summed E-state index contributed by atoms with van der Waals surface area (Å²) in [5.41, 5.74) is 7.86. The van der Waals surface area contributed by atoms with Gasteiger partial charge in [0.25, 0.3) is 0 Å². The van der Waals surface area contributed by atoms with Gasteiger partial charge in [0.15, 0.2) is 0 Å². The van der Waals surface area contributed by atoms with E-state index in [1.165, 1.54) is 10.8 Å². The fourth-order valence-corrected chi connectivity index (χ4v) is 2.80. The van der Waals surface area contributed by atoms with E-state index in [4.69, 9.17) is 5.73 Å². The second kappa shape index (κ2) is 7.07. The minimum atomic E-state index is -0.388. The second-order valence-electron chi connectivity index (χ2n) is 5.66. The summed E-state index contributed by atoms with van der Waals surface area (Å²) in [5, 5.41) is 5.62. The van der Waals surface area contributed by atoms with Crippen molar-refractivity contribution in [1.82, 2.24) is 5.32 Å². The van der Waals surface area contributed by atoms with E-state index in [0.717, 1.165) is 11.1 Å². The average molecular weight is 304 g/mol. The molecule has 3 nitrogen and oxygen atoms in total. The van der Waals surface area contributed by atoms with Crippen molar-refractivity contribution in [3.05, 3.63) is 83.9 Å². The maximum atomic E-state index is 11.8. The van der Waals surface area contributed by atoms with Crippen molar-refractivity contribution in [3.63, 3.8) is 0 Å². The van der Waals surface area contributed by atoms with Crippen LogP contribution >= 0.6 is 0 Å². The summed E-state index contributed by atoms with van der Waals surface area (Å²) < 4.78 is 0. The molecule has 3 aromatic carbocycles. The molecule has 1 atom stereocenters. The maximum absolute atomic E-state index is 11.8. The highest BCUT2D eigenvalue weighted by atomic mass is 16.1. The van der Waals surface area contributed by atoms with Crippen molar-refractivity contribution in [2.24, 2.45) is 5.73 Å². The van der Waals surface area contributed by atoms with Gasteiger partial charge >= 0.3 is 0 Å². The first-order valence-corrected chi connectivity index (χ1v) is 7.77. The molecule has 3 heteroatoms. The molecule has 3 aromatic rings. The predicted octanol–water partition coefficient (Wildman–Crippen LogP) is 3.03. The monoisotopic (exact) mass is 304 g/mol. The Hall–Kier alpha value is -2.65. The van der Waals surface area contributed by atoms with Crippen LogP contribution in [0.4, 0.5) is 0 Å². The predicted molar refractivity (Wildman–Crippen MR) is 93.9 cm³/mol. The quantitative estimate of drug-likeness (QED) is 0.735. The molecule has 1 amide bonds. The lowest BCUT2D eigenvalue weighted by molar-refractivity contribution is -0.120. The molecule has 0 aliphatic heterocycles. The number of hydrogen-bond donors (Lipinski definition) is 2. The van der Waals surface area contributed by atoms with Gasteiger partial charge in [-0.3, -0.25) is 4.79 Å². The molecule has 23 heavy (non-hydrogen) atoms. The number of fused-ring (bicyclic) bond motifs is 1. The van der Waals surface area contributed by atoms with E-state index < -0.39 is 0 Å². The van der Waals surface area contributed by atoms with Crippen molar-refractivity contribution in [2.45, 2.75) is 19.0 Å². The third-order valence-electron chi connectivity index (χ3n) is 4.04. The van der Waals surface area contributed by atoms with Gasteiger partial charge in [0.05, 0.1) is 6.04 Å². The molecule has 0 spiro atoms. The molecular weight excluding hydrogens is 284 g/mol. The molecule has 0 fully saturated rings. The molecule has 1 unspecified atom stereocenters. The van der Waals surface area contributed by atoms with Crippen molar-refractivity contribution >= 4 is 16.7 Å². The summed E-state index contributed by atoms with van der Waals surface area (Å²) in [7, 11) is 0. The number of nitrogens with one attached hydrogen (secondary N) is 1. The van der Waals surface area contributed by atoms with Gasteiger partial charge in [-0.25, -0.2) is 0 Å². The van der Waals surface area contributed by atoms with Crippen LogP contribution < -0.4 is 11.1 Å². The van der Waals surface area contributed by atoms with Gasteiger partial charge in [0.1, 0.15) is 0 Å². The Morgan fingerprint density at radius 1 is 0.913 bits per heavy atom. The smallest absolute Gasteiger partial charge is 0.234 e. The lowest BCUT2D eigenvalue weighted by Crippen LogP contribution is -2.42. The highest BCUT2D eigenvalue weighted by molar-refractivity contribution is 5.87. The van der Waals surface area contributed by atoms with Gasteiger partial charge in [0, 0.05) is 6.54 Å². The lowest BCUT2D eigenvalue weighted by Gasteiger charge is -2.17. The van der Waals surface area contributed by atoms with Crippen LogP contribution in [-0.4, -0.2) is 11.9 Å². The number of benzene rings is 3. The van der Waals surface area contributed by atoms with Crippen LogP contribution in [-0.2, 0) is 17.8 Å². The van der Waals surface area contributed by atoms with Crippen molar-refractivity contribution in [3.8, 4) is 0 Å². The van der Waals surface area contributed by atoms with E-state index in [-0.39, 0.29) is 11.9 Å². The molecule has 0 saturated carbocycles. The van der Waals surface area contributed by atoms with Crippen LogP contribution in [0.2, 0.25) is 0 Å². The summed E-state index contributed by atoms with van der Waals surface area (Å²) in [6.45, 7) is 0.624. The maximum Gasteiger partial charge on any atom is 0.234 e. The van der Waals surface area contributed by atoms with E-state index >= 15 is 0 Å². The van der Waals surface area contributed by atoms with E-state index in [0.29, 0.717) is 13.0 Å². The third-order valence-corrected chi connectivity index (χ3v) is 4.04. The van der Waals surface area contributed by atoms with Gasteiger partial charge in [0.2, 0.25) is 5.91 Å². The Bertz CT molecular complexity index is 794. The highest BCUT2D eigenvalue weighted by Gasteiger charge is 2.16. The molecule has 0 heterocycles. The number of carbonyl (C=O) groups excluding carboxylic acids is 1. The molecule has 0 aliphatic carbocycles. The number of rotatable bonds is 6. The summed E-state index contributed by atoms with van der Waals surface area (Å²) >= 11 is 0. The third kappa shape index (κ3) is 3.76. The topological polar surface area (TPSA) is 55.1 Å². The van der Waals surface area contributed by atoms with Crippen LogP contribution in [0.25, 0.3) is 10.8 Å². The number of nitrogens with two attached hydrogens (primary N) is 1. The summed E-state index contributed by atoms with van der Waals surface area (Å²) in [6, 6.07) is 24.0. The molecule has 0 radical (unpaired) electrons. The molecule has 116 valence electrons. The second-order valence-corrected chi connectivity index (χ2v) is 5.66. The van der Waals surface area contributed by atoms with Crippen LogP contribution in [0.3, 0.4) is 0 Å². The Balaban J connectivity index is 1.78. The van der Waals surface area contributed by atoms with Crippen molar-refractivity contribution in [2.75, 3.05) is 0 Å². The van der Waals surface area contributed by atoms with E-state index in [1.807, 2.05) is 48.5 Å². The molecule has 0 aliphatic rings. The summed E-state index contributed by atoms with van der Waals surface area (Å²) in [4.78, 5) is 11.8. The first kappa shape index (κ1) is 15.3. The van der Waals surface area contributed by atoms with E-state index in [9.17, 15) is 4.79 Å². The number of carbonyl (C=O) groups is 1. The molecule has 0 aromatic heterocycles. The van der Waals surface area contributed by atoms with Gasteiger partial charge < -0.3 is 11.1 Å². The normalized spacial score (nSPS) is 12.2. The molecule has 0 saturated heterocycles. The Labute approximate surface area is 136 Å². The van der Waals surface area contributed by atoms with E-state index in [2.05, 4.69) is 29.6 Å². The van der Waals surface area contributed by atoms with Crippen molar-refractivity contribution < 1.29 is 4.79 Å². The van der Waals surface area contributed by atoms with Crippen molar-refractivity contribution in [1.29, 1.82) is 0 Å². The first-order chi connectivity index (χ1) is 11.2. The first-order valence-electron chi connectivity index (χ1n) is 7.77. The number of hydrogen-bond acceptors (Lipinski definition) is 2. The van der Waals surface area contributed by atoms with Crippen LogP contribution in [0.1, 0.15) is 11.1 Å². The van der Waals surface area contributed by atoms with Crippen LogP contribution in [0, 0.1) is 0 Å². The lowest BCUT2D eigenvalue weighted by atomic mass is 9.98. The molecular formula is C20H20N2O. The minimum absolute atomic E-state index is 0.325. The Morgan fingerprint density at radius 2 is 1.61 bits per heavy atom. The minimum Gasteiger partial charge on any atom is -0.368 e. The zero-order valence-electron chi connectivity index (χ0n) is 12.9. The van der Waals surface area contributed by atoms with E-state index in [1.54, 1.807) is 0 Å². The Kier molecular flexibility index (Phi) is 4.69. The fourth-order valence-electron chi connectivity index (χ4n) is 2.80. The number of primary amides is 1. The Morgan fingerprint density at radius 3 is 2.39 bits per heavy atom. The standard InChI is InChI=1S/C20H20N2O/c21-20(23)19(22-14-15-7-2-1-3-8-15)13-17-11-6-10-16-9-4-5-12-18(16)17/h1-12,19,22H,13-14H2,(H2,21,23). The van der Waals surface area contributed by atoms with Crippen LogP contribution in [0.15, 0.2) is 72.8 Å². The zero-order valence-corrected chi connectivity index (χ0v) is 12.9. The van der Waals surface area contributed by atoms with Gasteiger partial charge in [-0.05, 0) is 28.3 Å². The molecule has 3 N–H and O–H groups in total. The highest BCUT2D eigenvalue weighted by Crippen LogP contribution is 2.19. The SMILES string of the molecule is NC(=O)C(Cc1cccc2ccccc12)NCc1ccccc1. The zero-order chi connectivity index (χ0) is 16.1. The largest absolute Gasteiger partial charge is 0.368 e. The van der Waals surface area contributed by atoms with Crippen LogP contribution in [0.5, 0.6) is 0 Å². The number of amides is 1.